The predicted molar refractivity (Wildman–Crippen MR) is 105 cm³/mol. The highest BCUT2D eigenvalue weighted by Gasteiger charge is 2.14. The lowest BCUT2D eigenvalue weighted by Gasteiger charge is -2.20. The van der Waals surface area contributed by atoms with Crippen molar-refractivity contribution in [1.29, 1.82) is 0 Å². The fourth-order valence-corrected chi connectivity index (χ4v) is 3.78. The van der Waals surface area contributed by atoms with Crippen molar-refractivity contribution >= 4 is 16.7 Å². The zero-order valence-corrected chi connectivity index (χ0v) is 16.7. The highest BCUT2D eigenvalue weighted by atomic mass is 32.2. The summed E-state index contributed by atoms with van der Waals surface area (Å²) in [5.41, 5.74) is 0. The van der Waals surface area contributed by atoms with Crippen LogP contribution in [0.3, 0.4) is 0 Å². The summed E-state index contributed by atoms with van der Waals surface area (Å²) in [5.74, 6) is 0.158. The molecule has 1 N–H and O–H groups in total. The smallest absolute Gasteiger partial charge is 0.287 e. The van der Waals surface area contributed by atoms with Crippen LogP contribution < -0.4 is 5.32 Å². The molecule has 2 aromatic rings. The number of nitrogens with one attached hydrogen (secondary N) is 1. The quantitative estimate of drug-likeness (QED) is 0.633. The third-order valence-electron chi connectivity index (χ3n) is 4.03. The number of furan rings is 1. The van der Waals surface area contributed by atoms with Crippen molar-refractivity contribution in [2.75, 3.05) is 26.2 Å². The monoisotopic (exact) mass is 394 g/mol. The first-order valence-corrected chi connectivity index (χ1v) is 10.6. The van der Waals surface area contributed by atoms with Crippen molar-refractivity contribution in [3.63, 3.8) is 0 Å². The molecule has 0 fully saturated rings. The molecule has 1 aromatic carbocycles. The summed E-state index contributed by atoms with van der Waals surface area (Å²) in [6.45, 7) is 7.67. The Labute approximate surface area is 162 Å². The number of hydrogen-bond acceptors (Lipinski definition) is 4. The number of nitrogens with zero attached hydrogens (tertiary/aromatic N) is 1. The Morgan fingerprint density at radius 1 is 1.07 bits per heavy atom. The lowest BCUT2D eigenvalue weighted by atomic mass is 10.3. The number of halogens is 1. The summed E-state index contributed by atoms with van der Waals surface area (Å²) >= 11 is 0. The van der Waals surface area contributed by atoms with Gasteiger partial charge in [-0.1, -0.05) is 13.8 Å². The van der Waals surface area contributed by atoms with Crippen LogP contribution in [0.2, 0.25) is 0 Å². The molecule has 0 aliphatic carbocycles. The molecule has 0 bridgehead atoms. The third-order valence-corrected chi connectivity index (χ3v) is 5.37. The minimum absolute atomic E-state index is 0.139. The summed E-state index contributed by atoms with van der Waals surface area (Å²) in [5, 5.41) is 2.86. The second-order valence-electron chi connectivity index (χ2n) is 6.31. The van der Waals surface area contributed by atoms with Gasteiger partial charge in [0.1, 0.15) is 11.6 Å². The maximum Gasteiger partial charge on any atom is 0.287 e. The van der Waals surface area contributed by atoms with E-state index < -0.39 is 10.8 Å². The van der Waals surface area contributed by atoms with E-state index in [1.165, 1.54) is 24.3 Å². The van der Waals surface area contributed by atoms with Crippen LogP contribution in [0.1, 0.15) is 43.0 Å². The molecule has 0 aliphatic rings. The van der Waals surface area contributed by atoms with E-state index in [0.29, 0.717) is 17.2 Å². The highest BCUT2D eigenvalue weighted by molar-refractivity contribution is 7.84. The van der Waals surface area contributed by atoms with Crippen molar-refractivity contribution in [1.82, 2.24) is 10.2 Å². The van der Waals surface area contributed by atoms with Gasteiger partial charge in [0.15, 0.2) is 5.76 Å². The van der Waals surface area contributed by atoms with Crippen LogP contribution in [0.5, 0.6) is 0 Å². The lowest BCUT2D eigenvalue weighted by Crippen LogP contribution is -2.35. The first-order chi connectivity index (χ1) is 13.0. The number of rotatable bonds is 11. The van der Waals surface area contributed by atoms with Crippen LogP contribution in [0, 0.1) is 5.82 Å². The van der Waals surface area contributed by atoms with E-state index in [1.807, 2.05) is 0 Å². The van der Waals surface area contributed by atoms with Crippen LogP contribution in [-0.2, 0) is 16.6 Å². The lowest BCUT2D eigenvalue weighted by molar-refractivity contribution is 0.0919. The van der Waals surface area contributed by atoms with E-state index >= 15 is 0 Å². The maximum absolute atomic E-state index is 12.9. The third kappa shape index (κ3) is 6.92. The van der Waals surface area contributed by atoms with Gasteiger partial charge in [-0.25, -0.2) is 4.39 Å². The average Bonchev–Trinajstić information content (AvgIpc) is 3.11. The normalized spacial score (nSPS) is 12.3. The minimum atomic E-state index is -1.36. The van der Waals surface area contributed by atoms with E-state index in [1.54, 1.807) is 12.1 Å². The molecule has 1 amide bonds. The van der Waals surface area contributed by atoms with Crippen molar-refractivity contribution in [3.05, 3.63) is 53.7 Å². The SMILES string of the molecule is CCCN(CCC)CCNC(=O)c1ccc(C[S@](=O)c2ccc(F)cc2)o1. The Kier molecular flexibility index (Phi) is 8.67. The zero-order chi connectivity index (χ0) is 19.6. The van der Waals surface area contributed by atoms with Gasteiger partial charge in [-0.2, -0.15) is 0 Å². The van der Waals surface area contributed by atoms with E-state index in [-0.39, 0.29) is 23.2 Å². The molecule has 0 saturated carbocycles. The van der Waals surface area contributed by atoms with E-state index in [2.05, 4.69) is 24.1 Å². The Bertz CT molecular complexity index is 740. The minimum Gasteiger partial charge on any atom is -0.455 e. The molecule has 0 radical (unpaired) electrons. The molecule has 0 unspecified atom stereocenters. The average molecular weight is 395 g/mol. The number of benzene rings is 1. The molecule has 0 aliphatic heterocycles. The second-order valence-corrected chi connectivity index (χ2v) is 7.76. The van der Waals surface area contributed by atoms with Gasteiger partial charge in [0.25, 0.3) is 5.91 Å². The Morgan fingerprint density at radius 3 is 2.37 bits per heavy atom. The Hall–Kier alpha value is -1.99. The maximum atomic E-state index is 12.9. The molecular weight excluding hydrogens is 367 g/mol. The molecule has 1 heterocycles. The number of amides is 1. The van der Waals surface area contributed by atoms with Crippen LogP contribution in [0.15, 0.2) is 45.7 Å². The largest absolute Gasteiger partial charge is 0.455 e. The van der Waals surface area contributed by atoms with Gasteiger partial charge in [-0.05, 0) is 62.3 Å². The zero-order valence-electron chi connectivity index (χ0n) is 15.9. The molecule has 2 rings (SSSR count). The summed E-state index contributed by atoms with van der Waals surface area (Å²) in [4.78, 5) is 15.0. The van der Waals surface area contributed by atoms with E-state index in [0.717, 1.165) is 32.5 Å². The second kappa shape index (κ2) is 11.0. The van der Waals surface area contributed by atoms with Crippen molar-refractivity contribution < 1.29 is 17.8 Å². The standard InChI is InChI=1S/C20H27FN2O3S/c1-3-12-23(13-4-2)14-11-22-20(24)19-10-7-17(26-19)15-27(25)18-8-5-16(21)6-9-18/h5-10H,3-4,11-15H2,1-2H3,(H,22,24)/t27-/m0/s1. The first-order valence-electron chi connectivity index (χ1n) is 9.26. The molecule has 0 saturated heterocycles. The summed E-state index contributed by atoms with van der Waals surface area (Å²) in [6.07, 6.45) is 2.17. The number of hydrogen-bond donors (Lipinski definition) is 1. The highest BCUT2D eigenvalue weighted by Crippen LogP contribution is 2.15. The van der Waals surface area contributed by atoms with Gasteiger partial charge in [0.2, 0.25) is 0 Å². The first kappa shape index (κ1) is 21.3. The van der Waals surface area contributed by atoms with Crippen molar-refractivity contribution in [2.45, 2.75) is 37.3 Å². The fraction of sp³-hybridized carbons (Fsp3) is 0.450. The summed E-state index contributed by atoms with van der Waals surface area (Å²) in [6, 6.07) is 8.75. The topological polar surface area (TPSA) is 62.6 Å². The number of carbonyl (C=O) groups excluding carboxylic acids is 1. The molecule has 7 heteroatoms. The van der Waals surface area contributed by atoms with E-state index in [9.17, 15) is 13.4 Å². The van der Waals surface area contributed by atoms with Gasteiger partial charge in [0.05, 0.1) is 16.6 Å². The van der Waals surface area contributed by atoms with Crippen LogP contribution in [0.25, 0.3) is 0 Å². The molecule has 148 valence electrons. The van der Waals surface area contributed by atoms with Crippen LogP contribution in [-0.4, -0.2) is 41.2 Å². The fourth-order valence-electron chi connectivity index (χ4n) is 2.76. The molecule has 1 atom stereocenters. The number of carbonyl (C=O) groups is 1. The van der Waals surface area contributed by atoms with Crippen LogP contribution >= 0.6 is 0 Å². The van der Waals surface area contributed by atoms with Crippen molar-refractivity contribution in [3.8, 4) is 0 Å². The van der Waals surface area contributed by atoms with Gasteiger partial charge in [-0.3, -0.25) is 9.00 Å². The van der Waals surface area contributed by atoms with Crippen LogP contribution in [0.4, 0.5) is 4.39 Å². The van der Waals surface area contributed by atoms with E-state index in [4.69, 9.17) is 4.42 Å². The molecule has 27 heavy (non-hydrogen) atoms. The predicted octanol–water partition coefficient (Wildman–Crippen LogP) is 3.58. The van der Waals surface area contributed by atoms with Gasteiger partial charge in [0, 0.05) is 18.0 Å². The molecular formula is C20H27FN2O3S. The molecule has 5 nitrogen and oxygen atoms in total. The Morgan fingerprint density at radius 2 is 1.74 bits per heavy atom. The van der Waals surface area contributed by atoms with Gasteiger partial charge in [-0.15, -0.1) is 0 Å². The summed E-state index contributed by atoms with van der Waals surface area (Å²) < 4.78 is 30.8. The summed E-state index contributed by atoms with van der Waals surface area (Å²) in [7, 11) is -1.36. The van der Waals surface area contributed by atoms with Gasteiger partial charge >= 0.3 is 0 Å². The molecule has 1 aromatic heterocycles. The van der Waals surface area contributed by atoms with Crippen molar-refractivity contribution in [2.24, 2.45) is 0 Å². The molecule has 0 spiro atoms. The Balaban J connectivity index is 1.84. The van der Waals surface area contributed by atoms with Gasteiger partial charge < -0.3 is 14.6 Å².